The Bertz CT molecular complexity index is 1700. The summed E-state index contributed by atoms with van der Waals surface area (Å²) in [5.41, 5.74) is -1.83. The van der Waals surface area contributed by atoms with Crippen LogP contribution in [0.3, 0.4) is 0 Å². The number of rotatable bonds is 10. The van der Waals surface area contributed by atoms with Gasteiger partial charge in [0.25, 0.3) is 0 Å². The van der Waals surface area contributed by atoms with Gasteiger partial charge in [-0.2, -0.15) is 30.7 Å². The van der Waals surface area contributed by atoms with Gasteiger partial charge in [0, 0.05) is 24.3 Å². The zero-order valence-corrected chi connectivity index (χ0v) is 23.0. The van der Waals surface area contributed by atoms with Gasteiger partial charge in [-0.25, -0.2) is 22.0 Å². The largest absolute Gasteiger partial charge is 0.459 e. The minimum absolute atomic E-state index is 0.0155. The Hall–Kier alpha value is -4.82. The summed E-state index contributed by atoms with van der Waals surface area (Å²) in [4.78, 5) is 0. The molecule has 0 aliphatic heterocycles. The maximum atomic E-state index is 14.8. The van der Waals surface area contributed by atoms with Gasteiger partial charge >= 0.3 is 18.4 Å². The maximum Gasteiger partial charge on any atom is 0.432 e. The molecule has 4 aromatic rings. The van der Waals surface area contributed by atoms with Crippen molar-refractivity contribution >= 4 is 0 Å². The van der Waals surface area contributed by atoms with Gasteiger partial charge in [0.2, 0.25) is 0 Å². The molecule has 0 aromatic heterocycles. The third-order valence-electron chi connectivity index (χ3n) is 6.19. The molecule has 0 N–H and O–H groups in total. The summed E-state index contributed by atoms with van der Waals surface area (Å²) in [7, 11) is 0. The van der Waals surface area contributed by atoms with Crippen LogP contribution in [-0.2, 0) is 18.6 Å². The number of alkyl halides is 7. The van der Waals surface area contributed by atoms with Crippen molar-refractivity contribution in [2.75, 3.05) is 0 Å². The highest BCUT2D eigenvalue weighted by Gasteiger charge is 2.43. The second-order valence-electron chi connectivity index (χ2n) is 9.42. The summed E-state index contributed by atoms with van der Waals surface area (Å²) in [6, 6.07) is 9.24. The predicted molar refractivity (Wildman–Crippen MR) is 139 cm³/mol. The molecule has 4 aromatic carbocycles. The summed E-state index contributed by atoms with van der Waals surface area (Å²) >= 11 is 0. The van der Waals surface area contributed by atoms with E-state index in [9.17, 15) is 52.7 Å². The average Bonchev–Trinajstić information content (AvgIpc) is 2.92. The van der Waals surface area contributed by atoms with Crippen molar-refractivity contribution in [1.29, 1.82) is 0 Å². The first kappa shape index (κ1) is 34.1. The summed E-state index contributed by atoms with van der Waals surface area (Å²) in [5, 5.41) is 0. The van der Waals surface area contributed by atoms with E-state index in [1.54, 1.807) is 24.3 Å². The van der Waals surface area contributed by atoms with E-state index < -0.39 is 81.9 Å². The molecule has 0 amide bonds. The summed E-state index contributed by atoms with van der Waals surface area (Å²) in [6.45, 7) is 1.91. The molecule has 15 heteroatoms. The molecule has 244 valence electrons. The molecule has 0 saturated heterocycles. The number of hydrogen-bond acceptors (Lipinski definition) is 3. The molecule has 0 fully saturated rings. The predicted octanol–water partition coefficient (Wildman–Crippen LogP) is 10.3. The molecular formula is C31H18F12O3. The van der Waals surface area contributed by atoms with E-state index in [2.05, 4.69) is 14.2 Å². The van der Waals surface area contributed by atoms with Crippen molar-refractivity contribution in [3.05, 3.63) is 125 Å². The molecular weight excluding hydrogens is 648 g/mol. The van der Waals surface area contributed by atoms with Crippen molar-refractivity contribution in [1.82, 2.24) is 0 Å². The first-order valence-electron chi connectivity index (χ1n) is 12.8. The van der Waals surface area contributed by atoms with E-state index in [0.717, 1.165) is 24.1 Å². The smallest absolute Gasteiger partial charge is 0.432 e. The van der Waals surface area contributed by atoms with Crippen LogP contribution in [0.4, 0.5) is 52.7 Å². The number of hydrogen-bond donors (Lipinski definition) is 0. The lowest BCUT2D eigenvalue weighted by atomic mass is 10.0. The van der Waals surface area contributed by atoms with Gasteiger partial charge in [0.1, 0.15) is 34.5 Å². The lowest BCUT2D eigenvalue weighted by Gasteiger charge is -2.22. The van der Waals surface area contributed by atoms with Crippen LogP contribution in [0.1, 0.15) is 23.6 Å². The monoisotopic (exact) mass is 666 g/mol. The highest BCUT2D eigenvalue weighted by Crippen LogP contribution is 2.40. The van der Waals surface area contributed by atoms with E-state index >= 15 is 0 Å². The van der Waals surface area contributed by atoms with Crippen LogP contribution in [0.2, 0.25) is 0 Å². The molecule has 0 atom stereocenters. The van der Waals surface area contributed by atoms with Gasteiger partial charge in [-0.15, -0.1) is 0 Å². The van der Waals surface area contributed by atoms with Crippen LogP contribution in [0.25, 0.3) is 11.1 Å². The number of benzene rings is 4. The van der Waals surface area contributed by atoms with E-state index in [0.29, 0.717) is 11.6 Å². The molecule has 0 aliphatic carbocycles. The number of ether oxygens (including phenoxy) is 3. The Kier molecular flexibility index (Phi) is 9.54. The highest BCUT2D eigenvalue weighted by atomic mass is 19.4. The lowest BCUT2D eigenvalue weighted by Crippen LogP contribution is -2.26. The second kappa shape index (κ2) is 12.9. The summed E-state index contributed by atoms with van der Waals surface area (Å²) in [5.74, 6) is -13.7. The van der Waals surface area contributed by atoms with E-state index in [-0.39, 0.29) is 36.1 Å². The topological polar surface area (TPSA) is 27.7 Å². The van der Waals surface area contributed by atoms with Crippen LogP contribution in [0.15, 0.2) is 79.1 Å². The van der Waals surface area contributed by atoms with Crippen LogP contribution >= 0.6 is 0 Å². The Morgan fingerprint density at radius 1 is 0.587 bits per heavy atom. The average molecular weight is 666 g/mol. The maximum absolute atomic E-state index is 14.8. The van der Waals surface area contributed by atoms with Crippen LogP contribution in [0, 0.1) is 29.1 Å². The highest BCUT2D eigenvalue weighted by molar-refractivity contribution is 5.64. The first-order valence-corrected chi connectivity index (χ1v) is 12.8. The Morgan fingerprint density at radius 2 is 1.09 bits per heavy atom. The minimum atomic E-state index is -5.04. The fraction of sp³-hybridized carbons (Fsp3) is 0.161. The van der Waals surface area contributed by atoms with Crippen molar-refractivity contribution in [2.24, 2.45) is 0 Å². The standard InChI is InChI=1S/C31H18F12O3/c1-2-16-3-5-17(6-4-16)18-7-8-21(22(32)11-18)30(40,41)45-19-12-23(33)27(24(34)13-19)31(42,43)46-20-14-25(35)28(26(36)15-20)44-10-9-29(37,38)39/h3-15H,2H2,1H3. The van der Waals surface area contributed by atoms with Gasteiger partial charge in [0.15, 0.2) is 17.4 Å². The van der Waals surface area contributed by atoms with E-state index in [1.165, 1.54) is 0 Å². The van der Waals surface area contributed by atoms with E-state index in [1.807, 2.05) is 6.92 Å². The molecule has 0 bridgehead atoms. The minimum Gasteiger partial charge on any atom is -0.459 e. The zero-order valence-electron chi connectivity index (χ0n) is 23.0. The first-order chi connectivity index (χ1) is 21.4. The SMILES string of the molecule is CCc1ccc(-c2ccc(C(F)(F)Oc3cc(F)c(C(F)(F)Oc4cc(F)c(OC=CC(F)(F)F)c(F)c4)c(F)c3)c(F)c2)cc1. The van der Waals surface area contributed by atoms with Gasteiger partial charge in [0.05, 0.1) is 17.9 Å². The second-order valence-corrected chi connectivity index (χ2v) is 9.42. The third kappa shape index (κ3) is 7.87. The summed E-state index contributed by atoms with van der Waals surface area (Å²) in [6.07, 6.45) is -14.4. The zero-order chi connectivity index (χ0) is 34.0. The Balaban J connectivity index is 1.54. The van der Waals surface area contributed by atoms with Gasteiger partial charge < -0.3 is 14.2 Å². The molecule has 0 heterocycles. The van der Waals surface area contributed by atoms with Crippen molar-refractivity contribution in [3.8, 4) is 28.4 Å². The fourth-order valence-corrected chi connectivity index (χ4v) is 4.04. The van der Waals surface area contributed by atoms with Crippen LogP contribution in [0.5, 0.6) is 17.2 Å². The van der Waals surface area contributed by atoms with Gasteiger partial charge in [-0.3, -0.25) is 0 Å². The lowest BCUT2D eigenvalue weighted by molar-refractivity contribution is -0.191. The number of allylic oxidation sites excluding steroid dienone is 1. The molecule has 4 rings (SSSR count). The number of aryl methyl sites for hydroxylation is 1. The van der Waals surface area contributed by atoms with Crippen molar-refractivity contribution in [2.45, 2.75) is 31.7 Å². The molecule has 0 saturated carbocycles. The Labute approximate surface area is 252 Å². The number of halogens is 12. The van der Waals surface area contributed by atoms with Crippen molar-refractivity contribution < 1.29 is 66.9 Å². The fourth-order valence-electron chi connectivity index (χ4n) is 4.04. The van der Waals surface area contributed by atoms with E-state index in [4.69, 9.17) is 0 Å². The molecule has 0 spiro atoms. The van der Waals surface area contributed by atoms with Crippen molar-refractivity contribution in [3.63, 3.8) is 0 Å². The normalized spacial score (nSPS) is 12.5. The molecule has 0 unspecified atom stereocenters. The molecule has 0 aliphatic rings. The van der Waals surface area contributed by atoms with Crippen LogP contribution in [-0.4, -0.2) is 6.18 Å². The molecule has 3 nitrogen and oxygen atoms in total. The molecule has 0 radical (unpaired) electrons. The summed E-state index contributed by atoms with van der Waals surface area (Å²) < 4.78 is 180. The van der Waals surface area contributed by atoms with Gasteiger partial charge in [-0.1, -0.05) is 37.3 Å². The quantitative estimate of drug-likeness (QED) is 0.125. The third-order valence-corrected chi connectivity index (χ3v) is 6.19. The van der Waals surface area contributed by atoms with Crippen LogP contribution < -0.4 is 14.2 Å². The van der Waals surface area contributed by atoms with Gasteiger partial charge in [-0.05, 0) is 35.2 Å². The molecule has 46 heavy (non-hydrogen) atoms. The Morgan fingerprint density at radius 3 is 1.59 bits per heavy atom.